The first-order valence-electron chi connectivity index (χ1n) is 8.47. The van der Waals surface area contributed by atoms with E-state index in [1.165, 1.54) is 0 Å². The minimum atomic E-state index is -1.16. The van der Waals surface area contributed by atoms with Gasteiger partial charge in [0.2, 0.25) is 5.91 Å². The maximum absolute atomic E-state index is 12.2. The monoisotopic (exact) mass is 316 g/mol. The van der Waals surface area contributed by atoms with Gasteiger partial charge in [-0.15, -0.1) is 0 Å². The summed E-state index contributed by atoms with van der Waals surface area (Å²) in [6, 6.07) is 9.24. The Morgan fingerprint density at radius 2 is 1.74 bits per heavy atom. The SMILES string of the molecule is O=C(NC1CC1)[C@@H]1CCC[C@H](NC(=O)[C@H](O)c2ccccc2)C1. The fraction of sp³-hybridized carbons (Fsp3) is 0.556. The van der Waals surface area contributed by atoms with Crippen molar-refractivity contribution in [1.29, 1.82) is 0 Å². The molecular formula is C18H24N2O3. The van der Waals surface area contributed by atoms with Crippen molar-refractivity contribution in [2.24, 2.45) is 5.92 Å². The van der Waals surface area contributed by atoms with Crippen LogP contribution >= 0.6 is 0 Å². The van der Waals surface area contributed by atoms with Crippen molar-refractivity contribution < 1.29 is 14.7 Å². The smallest absolute Gasteiger partial charge is 0.253 e. The van der Waals surface area contributed by atoms with Gasteiger partial charge in [0.25, 0.3) is 5.91 Å². The maximum atomic E-state index is 12.2. The summed E-state index contributed by atoms with van der Waals surface area (Å²) in [6.45, 7) is 0. The standard InChI is InChI=1S/C18H24N2O3/c21-16(12-5-2-1-3-6-12)18(23)20-15-8-4-7-13(11-15)17(22)19-14-9-10-14/h1-3,5-6,13-16,21H,4,7-11H2,(H,19,22)(H,20,23)/t13-,15+,16-/m1/s1. The molecule has 0 radical (unpaired) electrons. The van der Waals surface area contributed by atoms with Gasteiger partial charge in [-0.3, -0.25) is 9.59 Å². The molecule has 23 heavy (non-hydrogen) atoms. The molecule has 3 atom stereocenters. The molecule has 124 valence electrons. The highest BCUT2D eigenvalue weighted by molar-refractivity contribution is 5.82. The Labute approximate surface area is 136 Å². The van der Waals surface area contributed by atoms with Crippen molar-refractivity contribution in [2.45, 2.75) is 56.7 Å². The molecule has 0 aromatic heterocycles. The molecule has 0 aliphatic heterocycles. The highest BCUT2D eigenvalue weighted by atomic mass is 16.3. The van der Waals surface area contributed by atoms with Gasteiger partial charge in [0.15, 0.2) is 6.10 Å². The van der Waals surface area contributed by atoms with Gasteiger partial charge in [-0.25, -0.2) is 0 Å². The molecule has 2 saturated carbocycles. The second kappa shape index (κ2) is 7.13. The molecule has 3 rings (SSSR count). The summed E-state index contributed by atoms with van der Waals surface area (Å²) in [7, 11) is 0. The van der Waals surface area contributed by atoms with Crippen molar-refractivity contribution in [3.8, 4) is 0 Å². The predicted molar refractivity (Wildman–Crippen MR) is 86.5 cm³/mol. The summed E-state index contributed by atoms with van der Waals surface area (Å²) in [4.78, 5) is 24.4. The third-order valence-electron chi connectivity index (χ3n) is 4.68. The summed E-state index contributed by atoms with van der Waals surface area (Å²) in [6.07, 6.45) is 4.34. The molecular weight excluding hydrogens is 292 g/mol. The Bertz CT molecular complexity index is 557. The van der Waals surface area contributed by atoms with Crippen LogP contribution in [-0.2, 0) is 9.59 Å². The van der Waals surface area contributed by atoms with E-state index in [2.05, 4.69) is 10.6 Å². The summed E-state index contributed by atoms with van der Waals surface area (Å²) in [5.41, 5.74) is 0.587. The molecule has 0 heterocycles. The van der Waals surface area contributed by atoms with Gasteiger partial charge in [0.05, 0.1) is 0 Å². The average Bonchev–Trinajstić information content (AvgIpc) is 3.39. The lowest BCUT2D eigenvalue weighted by atomic mass is 9.85. The zero-order chi connectivity index (χ0) is 16.2. The molecule has 0 spiro atoms. The number of carbonyl (C=O) groups excluding carboxylic acids is 2. The van der Waals surface area contributed by atoms with E-state index in [0.29, 0.717) is 18.0 Å². The fourth-order valence-corrected chi connectivity index (χ4v) is 3.17. The lowest BCUT2D eigenvalue weighted by molar-refractivity contribution is -0.132. The van der Waals surface area contributed by atoms with Crippen LogP contribution in [0.25, 0.3) is 0 Å². The number of aliphatic hydroxyl groups is 1. The van der Waals surface area contributed by atoms with Crippen molar-refractivity contribution in [2.75, 3.05) is 0 Å². The van der Waals surface area contributed by atoms with Gasteiger partial charge in [-0.2, -0.15) is 0 Å². The molecule has 3 N–H and O–H groups in total. The van der Waals surface area contributed by atoms with E-state index in [1.807, 2.05) is 6.07 Å². The first-order valence-corrected chi connectivity index (χ1v) is 8.47. The number of nitrogens with one attached hydrogen (secondary N) is 2. The maximum Gasteiger partial charge on any atom is 0.253 e. The van der Waals surface area contributed by atoms with Gasteiger partial charge in [0, 0.05) is 18.0 Å². The Hall–Kier alpha value is -1.88. The number of hydrogen-bond donors (Lipinski definition) is 3. The first-order chi connectivity index (χ1) is 11.1. The lowest BCUT2D eigenvalue weighted by Gasteiger charge is -2.29. The average molecular weight is 316 g/mol. The molecule has 1 aromatic carbocycles. The van der Waals surface area contributed by atoms with E-state index in [1.54, 1.807) is 24.3 Å². The van der Waals surface area contributed by atoms with Gasteiger partial charge in [-0.1, -0.05) is 36.8 Å². The second-order valence-electron chi connectivity index (χ2n) is 6.67. The normalized spacial score (nSPS) is 25.4. The Balaban J connectivity index is 1.52. The van der Waals surface area contributed by atoms with Crippen LogP contribution in [-0.4, -0.2) is 29.0 Å². The van der Waals surface area contributed by atoms with Gasteiger partial charge in [0.1, 0.15) is 0 Å². The topological polar surface area (TPSA) is 78.4 Å². The van der Waals surface area contributed by atoms with Gasteiger partial charge < -0.3 is 15.7 Å². The van der Waals surface area contributed by atoms with E-state index in [4.69, 9.17) is 0 Å². The molecule has 5 heteroatoms. The molecule has 0 unspecified atom stereocenters. The van der Waals surface area contributed by atoms with Crippen molar-refractivity contribution in [3.05, 3.63) is 35.9 Å². The fourth-order valence-electron chi connectivity index (χ4n) is 3.17. The molecule has 1 aromatic rings. The van der Waals surface area contributed by atoms with Crippen molar-refractivity contribution >= 4 is 11.8 Å². The molecule has 0 saturated heterocycles. The second-order valence-corrected chi connectivity index (χ2v) is 6.67. The summed E-state index contributed by atoms with van der Waals surface area (Å²) in [5.74, 6) is -0.289. The highest BCUT2D eigenvalue weighted by Crippen LogP contribution is 2.27. The van der Waals surface area contributed by atoms with E-state index in [9.17, 15) is 14.7 Å². The first kappa shape index (κ1) is 16.0. The quantitative estimate of drug-likeness (QED) is 0.773. The zero-order valence-corrected chi connectivity index (χ0v) is 13.2. The Morgan fingerprint density at radius 3 is 2.43 bits per heavy atom. The summed E-state index contributed by atoms with van der Waals surface area (Å²) >= 11 is 0. The van der Waals surface area contributed by atoms with Crippen LogP contribution in [0.4, 0.5) is 0 Å². The van der Waals surface area contributed by atoms with Crippen LogP contribution in [0.3, 0.4) is 0 Å². The minimum Gasteiger partial charge on any atom is -0.378 e. The zero-order valence-electron chi connectivity index (χ0n) is 13.2. The number of rotatable bonds is 5. The number of aliphatic hydroxyl groups excluding tert-OH is 1. The third-order valence-corrected chi connectivity index (χ3v) is 4.68. The summed E-state index contributed by atoms with van der Waals surface area (Å²) in [5, 5.41) is 16.1. The van der Waals surface area contributed by atoms with Crippen LogP contribution in [0.15, 0.2) is 30.3 Å². The molecule has 2 aliphatic carbocycles. The van der Waals surface area contributed by atoms with Crippen LogP contribution < -0.4 is 10.6 Å². The Kier molecular flexibility index (Phi) is 4.96. The molecule has 2 aliphatic rings. The van der Waals surface area contributed by atoms with Gasteiger partial charge >= 0.3 is 0 Å². The largest absolute Gasteiger partial charge is 0.378 e. The van der Waals surface area contributed by atoms with Gasteiger partial charge in [-0.05, 0) is 37.7 Å². The van der Waals surface area contributed by atoms with Crippen molar-refractivity contribution in [1.82, 2.24) is 10.6 Å². The number of amides is 2. The molecule has 2 amide bonds. The molecule has 5 nitrogen and oxygen atoms in total. The number of carbonyl (C=O) groups is 2. The van der Waals surface area contributed by atoms with Crippen LogP contribution in [0, 0.1) is 5.92 Å². The third kappa shape index (κ3) is 4.32. The lowest BCUT2D eigenvalue weighted by Crippen LogP contribution is -2.44. The highest BCUT2D eigenvalue weighted by Gasteiger charge is 2.32. The van der Waals surface area contributed by atoms with E-state index in [0.717, 1.165) is 32.1 Å². The van der Waals surface area contributed by atoms with E-state index in [-0.39, 0.29) is 23.8 Å². The minimum absolute atomic E-state index is 0.0245. The van der Waals surface area contributed by atoms with Crippen LogP contribution in [0.5, 0.6) is 0 Å². The van der Waals surface area contributed by atoms with E-state index < -0.39 is 6.10 Å². The number of benzene rings is 1. The number of hydrogen-bond acceptors (Lipinski definition) is 3. The summed E-state index contributed by atoms with van der Waals surface area (Å²) < 4.78 is 0. The molecule has 2 fully saturated rings. The predicted octanol–water partition coefficient (Wildman–Crippen LogP) is 1.67. The van der Waals surface area contributed by atoms with E-state index >= 15 is 0 Å². The Morgan fingerprint density at radius 1 is 1.00 bits per heavy atom. The molecule has 0 bridgehead atoms. The van der Waals surface area contributed by atoms with Crippen LogP contribution in [0.1, 0.15) is 50.2 Å². The van der Waals surface area contributed by atoms with Crippen LogP contribution in [0.2, 0.25) is 0 Å². The van der Waals surface area contributed by atoms with Crippen molar-refractivity contribution in [3.63, 3.8) is 0 Å².